The highest BCUT2D eigenvalue weighted by Gasteiger charge is 2.32. The second kappa shape index (κ2) is 11.6. The summed E-state index contributed by atoms with van der Waals surface area (Å²) in [7, 11) is 0. The van der Waals surface area contributed by atoms with E-state index in [2.05, 4.69) is 33.0 Å². The van der Waals surface area contributed by atoms with E-state index in [1.54, 1.807) is 0 Å². The molecule has 0 aromatic heterocycles. The Labute approximate surface area is 159 Å². The molecule has 1 saturated heterocycles. The maximum atomic E-state index is 4.05. The summed E-state index contributed by atoms with van der Waals surface area (Å²) >= 11 is 0. The van der Waals surface area contributed by atoms with Gasteiger partial charge in [0, 0.05) is 6.04 Å². The van der Waals surface area contributed by atoms with Crippen molar-refractivity contribution in [1.82, 2.24) is 5.32 Å². The van der Waals surface area contributed by atoms with Crippen LogP contribution in [0.2, 0.25) is 0 Å². The minimum Gasteiger partial charge on any atom is -0.314 e. The maximum absolute atomic E-state index is 4.05. The van der Waals surface area contributed by atoms with Crippen molar-refractivity contribution >= 4 is 0 Å². The third kappa shape index (κ3) is 7.24. The van der Waals surface area contributed by atoms with E-state index in [-0.39, 0.29) is 0 Å². The van der Waals surface area contributed by atoms with Crippen molar-refractivity contribution in [2.24, 2.45) is 29.6 Å². The molecular formula is C24H47N. The quantitative estimate of drug-likeness (QED) is 0.568. The molecule has 1 aliphatic carbocycles. The molecule has 2 rings (SSSR count). The Morgan fingerprint density at radius 1 is 0.760 bits per heavy atom. The van der Waals surface area contributed by atoms with Crippen LogP contribution in [0.3, 0.4) is 0 Å². The second-order valence-electron chi connectivity index (χ2n) is 9.77. The fourth-order valence-electron chi connectivity index (χ4n) is 5.69. The van der Waals surface area contributed by atoms with Gasteiger partial charge in [0.2, 0.25) is 0 Å². The fourth-order valence-corrected chi connectivity index (χ4v) is 5.69. The molecule has 2 aliphatic rings. The summed E-state index contributed by atoms with van der Waals surface area (Å²) in [5, 5.41) is 4.05. The van der Waals surface area contributed by atoms with Gasteiger partial charge in [-0.05, 0) is 68.2 Å². The molecule has 25 heavy (non-hydrogen) atoms. The Bertz CT molecular complexity index is 339. The standard InChI is InChI=1S/C24H47N/c1-5-21(4)22-16-8-12-19(2)11-6-7-15-23(22)24-17-9-13-20(3)14-10-18-25-24/h19-25H,5-18H2,1-4H3. The number of nitrogens with one attached hydrogen (secondary N) is 1. The van der Waals surface area contributed by atoms with Crippen molar-refractivity contribution in [1.29, 1.82) is 0 Å². The molecular weight excluding hydrogens is 302 g/mol. The van der Waals surface area contributed by atoms with Gasteiger partial charge in [0.05, 0.1) is 0 Å². The van der Waals surface area contributed by atoms with Gasteiger partial charge in [-0.15, -0.1) is 0 Å². The zero-order chi connectivity index (χ0) is 18.1. The van der Waals surface area contributed by atoms with Crippen LogP contribution in [0.25, 0.3) is 0 Å². The zero-order valence-corrected chi connectivity index (χ0v) is 17.9. The van der Waals surface area contributed by atoms with Gasteiger partial charge in [-0.25, -0.2) is 0 Å². The summed E-state index contributed by atoms with van der Waals surface area (Å²) in [6.07, 6.45) is 18.8. The average Bonchev–Trinajstić information content (AvgIpc) is 2.71. The van der Waals surface area contributed by atoms with Crippen LogP contribution in [0.5, 0.6) is 0 Å². The first-order chi connectivity index (χ1) is 12.1. The van der Waals surface area contributed by atoms with Crippen molar-refractivity contribution in [3.05, 3.63) is 0 Å². The minimum absolute atomic E-state index is 0.793. The van der Waals surface area contributed by atoms with Crippen LogP contribution in [0.15, 0.2) is 0 Å². The molecule has 0 aromatic carbocycles. The summed E-state index contributed by atoms with van der Waals surface area (Å²) < 4.78 is 0. The first-order valence-electron chi connectivity index (χ1n) is 11.8. The second-order valence-corrected chi connectivity index (χ2v) is 9.77. The highest BCUT2D eigenvalue weighted by atomic mass is 14.9. The van der Waals surface area contributed by atoms with Crippen molar-refractivity contribution in [2.45, 2.75) is 117 Å². The first-order valence-corrected chi connectivity index (χ1v) is 11.8. The van der Waals surface area contributed by atoms with Gasteiger partial charge in [-0.3, -0.25) is 0 Å². The van der Waals surface area contributed by atoms with E-state index in [0.717, 1.165) is 35.6 Å². The maximum Gasteiger partial charge on any atom is 0.00980 e. The third-order valence-corrected chi connectivity index (χ3v) is 7.65. The van der Waals surface area contributed by atoms with Gasteiger partial charge in [-0.1, -0.05) is 79.1 Å². The molecule has 1 N–H and O–H groups in total. The summed E-state index contributed by atoms with van der Waals surface area (Å²) in [4.78, 5) is 0. The SMILES string of the molecule is CCC(C)C1CCCC(C)CCCCC1C1CCCC(C)CCCN1. The van der Waals surface area contributed by atoms with Crippen molar-refractivity contribution in [3.8, 4) is 0 Å². The van der Waals surface area contributed by atoms with E-state index in [9.17, 15) is 0 Å². The normalized spacial score (nSPS) is 38.2. The lowest BCUT2D eigenvalue weighted by molar-refractivity contribution is 0.142. The topological polar surface area (TPSA) is 12.0 Å². The fraction of sp³-hybridized carbons (Fsp3) is 1.00. The Morgan fingerprint density at radius 2 is 1.36 bits per heavy atom. The van der Waals surface area contributed by atoms with Crippen molar-refractivity contribution in [3.63, 3.8) is 0 Å². The lowest BCUT2D eigenvalue weighted by Gasteiger charge is -2.39. The van der Waals surface area contributed by atoms with Crippen LogP contribution in [0, 0.1) is 29.6 Å². The molecule has 148 valence electrons. The van der Waals surface area contributed by atoms with Crippen LogP contribution in [0.4, 0.5) is 0 Å². The molecule has 0 amide bonds. The molecule has 1 heteroatoms. The molecule has 0 bridgehead atoms. The van der Waals surface area contributed by atoms with Crippen LogP contribution in [-0.4, -0.2) is 12.6 Å². The molecule has 6 unspecified atom stereocenters. The number of rotatable bonds is 3. The van der Waals surface area contributed by atoms with Gasteiger partial charge in [0.15, 0.2) is 0 Å². The molecule has 6 atom stereocenters. The van der Waals surface area contributed by atoms with Gasteiger partial charge in [0.1, 0.15) is 0 Å². The molecule has 1 saturated carbocycles. The van der Waals surface area contributed by atoms with Crippen LogP contribution < -0.4 is 5.32 Å². The Kier molecular flexibility index (Phi) is 9.89. The molecule has 0 aromatic rings. The van der Waals surface area contributed by atoms with E-state index in [1.807, 2.05) is 0 Å². The zero-order valence-electron chi connectivity index (χ0n) is 17.9. The van der Waals surface area contributed by atoms with Crippen molar-refractivity contribution in [2.75, 3.05) is 6.54 Å². The lowest BCUT2D eigenvalue weighted by atomic mass is 9.70. The lowest BCUT2D eigenvalue weighted by Crippen LogP contribution is -2.42. The molecule has 0 radical (unpaired) electrons. The first kappa shape index (κ1) is 21.3. The smallest absolute Gasteiger partial charge is 0.00980 e. The van der Waals surface area contributed by atoms with Crippen molar-refractivity contribution < 1.29 is 0 Å². The monoisotopic (exact) mass is 349 g/mol. The van der Waals surface area contributed by atoms with Gasteiger partial charge in [0.25, 0.3) is 0 Å². The van der Waals surface area contributed by atoms with Gasteiger partial charge < -0.3 is 5.32 Å². The third-order valence-electron chi connectivity index (χ3n) is 7.65. The average molecular weight is 350 g/mol. The predicted octanol–water partition coefficient (Wildman–Crippen LogP) is 7.20. The highest BCUT2D eigenvalue weighted by molar-refractivity contribution is 4.86. The summed E-state index contributed by atoms with van der Waals surface area (Å²) in [6.45, 7) is 11.2. The number of hydrogen-bond donors (Lipinski definition) is 1. The van der Waals surface area contributed by atoms with E-state index in [0.29, 0.717) is 0 Å². The van der Waals surface area contributed by atoms with Gasteiger partial charge in [-0.2, -0.15) is 0 Å². The van der Waals surface area contributed by atoms with Crippen LogP contribution >= 0.6 is 0 Å². The van der Waals surface area contributed by atoms with E-state index in [4.69, 9.17) is 0 Å². The Morgan fingerprint density at radius 3 is 2.08 bits per heavy atom. The number of hydrogen-bond acceptors (Lipinski definition) is 1. The minimum atomic E-state index is 0.793. The summed E-state index contributed by atoms with van der Waals surface area (Å²) in [5.74, 6) is 4.67. The molecule has 0 spiro atoms. The van der Waals surface area contributed by atoms with E-state index in [1.165, 1.54) is 90.0 Å². The molecule has 1 nitrogen and oxygen atoms in total. The van der Waals surface area contributed by atoms with E-state index >= 15 is 0 Å². The molecule has 2 fully saturated rings. The predicted molar refractivity (Wildman–Crippen MR) is 112 cm³/mol. The largest absolute Gasteiger partial charge is 0.314 e. The Hall–Kier alpha value is -0.0400. The molecule has 1 heterocycles. The summed E-state index contributed by atoms with van der Waals surface area (Å²) in [5.41, 5.74) is 0. The highest BCUT2D eigenvalue weighted by Crippen LogP contribution is 2.38. The van der Waals surface area contributed by atoms with Gasteiger partial charge >= 0.3 is 0 Å². The van der Waals surface area contributed by atoms with E-state index < -0.39 is 0 Å². The van der Waals surface area contributed by atoms with Crippen LogP contribution in [0.1, 0.15) is 111 Å². The van der Waals surface area contributed by atoms with Crippen LogP contribution in [-0.2, 0) is 0 Å². The Balaban J connectivity index is 2.08. The summed E-state index contributed by atoms with van der Waals surface area (Å²) in [6, 6.07) is 0.793. The molecule has 1 aliphatic heterocycles.